The lowest BCUT2D eigenvalue weighted by atomic mass is 10.2. The number of benzene rings is 2. The number of aromatic nitrogens is 2. The molecule has 4 rings (SSSR count). The molecule has 2 aromatic carbocycles. The van der Waals surface area contributed by atoms with Crippen molar-refractivity contribution >= 4 is 17.9 Å². The standard InChI is InChI=1S/C24H20FN3O7/c1-33-24(32)18-19(34-22(30)14-8-4-2-5-9-14)21(29)27-20(26-18)17-12-16(25)13-28(17)35-23(31)15-10-6-3-7-11-15/h2-11,16-17H,12-13H2,1H3,(H,26,27,29)/p-1/t16-,17-/m0/s1. The van der Waals surface area contributed by atoms with E-state index in [1.54, 1.807) is 36.4 Å². The first-order chi connectivity index (χ1) is 16.9. The van der Waals surface area contributed by atoms with Crippen LogP contribution in [0.4, 0.5) is 4.39 Å². The summed E-state index contributed by atoms with van der Waals surface area (Å²) in [6.45, 7) is -0.293. The molecule has 0 saturated carbocycles. The molecule has 0 aliphatic carbocycles. The summed E-state index contributed by atoms with van der Waals surface area (Å²) in [7, 11) is 1.05. The highest BCUT2D eigenvalue weighted by Crippen LogP contribution is 2.36. The van der Waals surface area contributed by atoms with Crippen LogP contribution in [0.1, 0.15) is 49.5 Å². The van der Waals surface area contributed by atoms with Crippen molar-refractivity contribution in [2.75, 3.05) is 13.7 Å². The topological polar surface area (TPSA) is 131 Å². The molecule has 3 aromatic rings. The van der Waals surface area contributed by atoms with Crippen LogP contribution in [0, 0.1) is 0 Å². The predicted octanol–water partition coefficient (Wildman–Crippen LogP) is 2.41. The number of hydrogen-bond donors (Lipinski definition) is 0. The molecular formula is C24H19FN3O7-. The number of hydroxylamine groups is 2. The maximum absolute atomic E-state index is 14.3. The maximum atomic E-state index is 14.3. The Bertz CT molecular complexity index is 1240. The van der Waals surface area contributed by atoms with Crippen LogP contribution in [-0.4, -0.2) is 52.8 Å². The van der Waals surface area contributed by atoms with E-state index in [1.807, 2.05) is 0 Å². The second-order valence-electron chi connectivity index (χ2n) is 7.51. The average Bonchev–Trinajstić information content (AvgIpc) is 3.25. The predicted molar refractivity (Wildman–Crippen MR) is 115 cm³/mol. The van der Waals surface area contributed by atoms with Crippen LogP contribution in [-0.2, 0) is 9.57 Å². The van der Waals surface area contributed by atoms with E-state index in [4.69, 9.17) is 9.57 Å². The Morgan fingerprint density at radius 3 is 2.14 bits per heavy atom. The van der Waals surface area contributed by atoms with Crippen LogP contribution >= 0.6 is 0 Å². The van der Waals surface area contributed by atoms with Gasteiger partial charge in [-0.1, -0.05) is 36.4 Å². The first kappa shape index (κ1) is 23.8. The third kappa shape index (κ3) is 5.25. The number of methoxy groups -OCH3 is 1. The Morgan fingerprint density at radius 2 is 1.54 bits per heavy atom. The number of alkyl halides is 1. The molecule has 1 saturated heterocycles. The summed E-state index contributed by atoms with van der Waals surface area (Å²) in [6.07, 6.45) is -1.62. The van der Waals surface area contributed by atoms with Crippen LogP contribution in [0.2, 0.25) is 0 Å². The number of carbonyl (C=O) groups is 3. The zero-order valence-electron chi connectivity index (χ0n) is 18.4. The number of esters is 2. The molecule has 0 spiro atoms. The van der Waals surface area contributed by atoms with Gasteiger partial charge in [0, 0.05) is 12.3 Å². The lowest BCUT2D eigenvalue weighted by Gasteiger charge is -2.24. The van der Waals surface area contributed by atoms with E-state index in [9.17, 15) is 23.9 Å². The second-order valence-corrected chi connectivity index (χ2v) is 7.51. The van der Waals surface area contributed by atoms with E-state index in [1.165, 1.54) is 24.3 Å². The van der Waals surface area contributed by atoms with Crippen LogP contribution in [0.25, 0.3) is 0 Å². The van der Waals surface area contributed by atoms with Crippen molar-refractivity contribution in [2.45, 2.75) is 18.6 Å². The zero-order valence-corrected chi connectivity index (χ0v) is 18.4. The zero-order chi connectivity index (χ0) is 24.9. The third-order valence-electron chi connectivity index (χ3n) is 5.15. The van der Waals surface area contributed by atoms with Gasteiger partial charge in [-0.2, -0.15) is 0 Å². The fourth-order valence-electron chi connectivity index (χ4n) is 3.47. The van der Waals surface area contributed by atoms with Gasteiger partial charge in [0.15, 0.2) is 11.4 Å². The minimum atomic E-state index is -1.42. The molecule has 0 amide bonds. The Kier molecular flexibility index (Phi) is 6.97. The van der Waals surface area contributed by atoms with Gasteiger partial charge in [-0.05, 0) is 24.3 Å². The SMILES string of the molecule is COC(=O)c1nc([C@@H]2C[C@H](F)CN2OC(=O)c2ccccc2)nc([O-])c1OC(=O)c1ccccc1. The molecule has 10 nitrogen and oxygen atoms in total. The summed E-state index contributed by atoms with van der Waals surface area (Å²) in [5, 5.41) is 13.8. The summed E-state index contributed by atoms with van der Waals surface area (Å²) >= 11 is 0. The van der Waals surface area contributed by atoms with Gasteiger partial charge in [0.2, 0.25) is 0 Å². The molecule has 11 heteroatoms. The minimum Gasteiger partial charge on any atom is -0.856 e. The number of hydrogen-bond acceptors (Lipinski definition) is 10. The molecule has 2 atom stereocenters. The van der Waals surface area contributed by atoms with Gasteiger partial charge < -0.3 is 19.4 Å². The number of nitrogens with zero attached hydrogens (tertiary/aromatic N) is 3. The highest BCUT2D eigenvalue weighted by molar-refractivity contribution is 5.95. The normalized spacial score (nSPS) is 17.5. The highest BCUT2D eigenvalue weighted by atomic mass is 19.1. The molecule has 0 radical (unpaired) electrons. The van der Waals surface area contributed by atoms with Crippen LogP contribution in [0.3, 0.4) is 0 Å². The Balaban J connectivity index is 1.64. The van der Waals surface area contributed by atoms with Gasteiger partial charge in [-0.3, -0.25) is 0 Å². The lowest BCUT2D eigenvalue weighted by molar-refractivity contribution is -0.277. The molecule has 1 aliphatic rings. The van der Waals surface area contributed by atoms with Crippen molar-refractivity contribution in [3.05, 3.63) is 83.3 Å². The monoisotopic (exact) mass is 480 g/mol. The second kappa shape index (κ2) is 10.3. The molecule has 0 bridgehead atoms. The summed E-state index contributed by atoms with van der Waals surface area (Å²) in [6, 6.07) is 14.8. The highest BCUT2D eigenvalue weighted by Gasteiger charge is 2.39. The molecule has 2 heterocycles. The minimum absolute atomic E-state index is 0.127. The summed E-state index contributed by atoms with van der Waals surface area (Å²) in [4.78, 5) is 50.4. The fraction of sp³-hybridized carbons (Fsp3) is 0.208. The number of ether oxygens (including phenoxy) is 2. The molecule has 180 valence electrons. The Morgan fingerprint density at radius 1 is 0.943 bits per heavy atom. The number of carbonyl (C=O) groups excluding carboxylic acids is 3. The fourth-order valence-corrected chi connectivity index (χ4v) is 3.47. The molecule has 0 unspecified atom stereocenters. The first-order valence-electron chi connectivity index (χ1n) is 10.5. The number of rotatable bonds is 6. The Hall–Kier alpha value is -4.38. The molecule has 0 N–H and O–H groups in total. The van der Waals surface area contributed by atoms with Crippen molar-refractivity contribution in [1.29, 1.82) is 0 Å². The van der Waals surface area contributed by atoms with Crippen molar-refractivity contribution in [3.63, 3.8) is 0 Å². The molecule has 1 aliphatic heterocycles. The van der Waals surface area contributed by atoms with Gasteiger partial charge in [0.05, 0.1) is 24.8 Å². The van der Waals surface area contributed by atoms with E-state index in [0.717, 1.165) is 12.2 Å². The molecule has 35 heavy (non-hydrogen) atoms. The van der Waals surface area contributed by atoms with Crippen molar-refractivity contribution in [1.82, 2.24) is 15.0 Å². The van der Waals surface area contributed by atoms with Gasteiger partial charge in [-0.25, -0.2) is 28.7 Å². The average molecular weight is 480 g/mol. The van der Waals surface area contributed by atoms with Crippen LogP contribution in [0.5, 0.6) is 11.6 Å². The first-order valence-corrected chi connectivity index (χ1v) is 10.5. The smallest absolute Gasteiger partial charge is 0.360 e. The van der Waals surface area contributed by atoms with E-state index < -0.39 is 47.4 Å². The molecule has 1 fully saturated rings. The van der Waals surface area contributed by atoms with Crippen molar-refractivity contribution in [2.24, 2.45) is 0 Å². The summed E-state index contributed by atoms with van der Waals surface area (Å²) in [5.41, 5.74) is -0.248. The lowest BCUT2D eigenvalue weighted by Crippen LogP contribution is -2.29. The van der Waals surface area contributed by atoms with Gasteiger partial charge >= 0.3 is 17.9 Å². The number of halogens is 1. The van der Waals surface area contributed by atoms with Gasteiger partial charge in [0.1, 0.15) is 18.0 Å². The van der Waals surface area contributed by atoms with Crippen molar-refractivity contribution in [3.8, 4) is 11.6 Å². The summed E-state index contributed by atoms with van der Waals surface area (Å²) in [5.74, 6) is -4.81. The maximum Gasteiger partial charge on any atom is 0.360 e. The molecule has 1 aromatic heterocycles. The molecular weight excluding hydrogens is 461 g/mol. The van der Waals surface area contributed by atoms with E-state index in [0.29, 0.717) is 0 Å². The van der Waals surface area contributed by atoms with Gasteiger partial charge in [-0.15, -0.1) is 5.06 Å². The largest absolute Gasteiger partial charge is 0.856 e. The Labute approximate surface area is 198 Å². The van der Waals surface area contributed by atoms with Crippen molar-refractivity contribution < 1.29 is 38.2 Å². The van der Waals surface area contributed by atoms with Crippen LogP contribution < -0.4 is 9.84 Å². The summed E-state index contributed by atoms with van der Waals surface area (Å²) < 4.78 is 24.1. The van der Waals surface area contributed by atoms with E-state index in [-0.39, 0.29) is 29.9 Å². The van der Waals surface area contributed by atoms with Gasteiger partial charge in [0.25, 0.3) is 0 Å². The van der Waals surface area contributed by atoms with Crippen LogP contribution in [0.15, 0.2) is 60.7 Å². The van der Waals surface area contributed by atoms with E-state index in [2.05, 4.69) is 14.7 Å². The quantitative estimate of drug-likeness (QED) is 0.485. The van der Waals surface area contributed by atoms with E-state index >= 15 is 0 Å². The third-order valence-corrected chi connectivity index (χ3v) is 5.15.